The molecule has 3 aromatic rings. The highest BCUT2D eigenvalue weighted by atomic mass is 31.2. The zero-order valence-corrected chi connectivity index (χ0v) is 14.6. The standard InChI is InChI=1S/C22H22NP/c1-2-3-19-24(21-15-9-5-10-16-21,22-17-11-6-12-18-22)23-20-13-7-4-8-14-20/h2,4-18H,1,3,19H2. The molecule has 120 valence electrons. The summed E-state index contributed by atoms with van der Waals surface area (Å²) in [6, 6.07) is 31.8. The number of allylic oxidation sites excluding steroid dienone is 1. The molecule has 3 aromatic carbocycles. The Balaban J connectivity index is 2.29. The van der Waals surface area contributed by atoms with Crippen LogP contribution < -0.4 is 10.6 Å². The Morgan fingerprint density at radius 3 is 1.62 bits per heavy atom. The lowest BCUT2D eigenvalue weighted by molar-refractivity contribution is 1.23. The summed E-state index contributed by atoms with van der Waals surface area (Å²) in [6.45, 7) is 3.93. The van der Waals surface area contributed by atoms with Crippen LogP contribution in [0.2, 0.25) is 0 Å². The maximum Gasteiger partial charge on any atom is 0.0621 e. The van der Waals surface area contributed by atoms with Gasteiger partial charge in [0, 0.05) is 7.05 Å². The molecule has 0 N–H and O–H groups in total. The summed E-state index contributed by atoms with van der Waals surface area (Å²) in [7, 11) is -1.89. The maximum atomic E-state index is 5.33. The highest BCUT2D eigenvalue weighted by Crippen LogP contribution is 2.50. The molecule has 0 heterocycles. The average Bonchev–Trinajstić information content (AvgIpc) is 2.67. The van der Waals surface area contributed by atoms with Crippen molar-refractivity contribution in [1.82, 2.24) is 0 Å². The summed E-state index contributed by atoms with van der Waals surface area (Å²) < 4.78 is 5.33. The Kier molecular flexibility index (Phi) is 5.46. The molecule has 0 fully saturated rings. The summed E-state index contributed by atoms with van der Waals surface area (Å²) in [5, 5.41) is 2.64. The van der Waals surface area contributed by atoms with E-state index in [1.165, 1.54) is 10.6 Å². The van der Waals surface area contributed by atoms with Crippen LogP contribution in [0.3, 0.4) is 0 Å². The van der Waals surface area contributed by atoms with Crippen molar-refractivity contribution in [3.05, 3.63) is 104 Å². The molecule has 0 atom stereocenters. The third-order valence-corrected chi connectivity index (χ3v) is 7.85. The van der Waals surface area contributed by atoms with Crippen molar-refractivity contribution >= 4 is 23.4 Å². The largest absolute Gasteiger partial charge is 0.258 e. The van der Waals surface area contributed by atoms with Gasteiger partial charge < -0.3 is 0 Å². The van der Waals surface area contributed by atoms with Crippen LogP contribution in [0.25, 0.3) is 0 Å². The number of hydrogen-bond acceptors (Lipinski definition) is 1. The van der Waals surface area contributed by atoms with Gasteiger partial charge in [0.05, 0.1) is 5.69 Å². The first-order valence-corrected chi connectivity index (χ1v) is 10.2. The van der Waals surface area contributed by atoms with E-state index in [1.54, 1.807) is 0 Å². The van der Waals surface area contributed by atoms with Gasteiger partial charge in [-0.1, -0.05) is 84.9 Å². The van der Waals surface area contributed by atoms with Gasteiger partial charge in [-0.25, -0.2) is 0 Å². The lowest BCUT2D eigenvalue weighted by Crippen LogP contribution is -2.18. The van der Waals surface area contributed by atoms with Crippen LogP contribution in [-0.2, 0) is 0 Å². The van der Waals surface area contributed by atoms with Crippen molar-refractivity contribution in [1.29, 1.82) is 0 Å². The van der Waals surface area contributed by atoms with Crippen LogP contribution >= 0.6 is 7.05 Å². The fourth-order valence-electron chi connectivity index (χ4n) is 2.89. The minimum Gasteiger partial charge on any atom is -0.258 e. The van der Waals surface area contributed by atoms with Crippen molar-refractivity contribution in [3.8, 4) is 0 Å². The number of hydrogen-bond donors (Lipinski definition) is 0. The van der Waals surface area contributed by atoms with E-state index in [2.05, 4.69) is 91.5 Å². The number of nitrogens with zero attached hydrogens (tertiary/aromatic N) is 1. The topological polar surface area (TPSA) is 12.4 Å². The van der Waals surface area contributed by atoms with Crippen LogP contribution in [0.5, 0.6) is 0 Å². The normalized spacial score (nSPS) is 11.0. The molecule has 0 unspecified atom stereocenters. The molecule has 0 bridgehead atoms. The van der Waals surface area contributed by atoms with Crippen LogP contribution in [-0.4, -0.2) is 6.16 Å². The highest BCUT2D eigenvalue weighted by molar-refractivity contribution is 7.81. The minimum absolute atomic E-state index is 0.952. The van der Waals surface area contributed by atoms with E-state index >= 15 is 0 Å². The van der Waals surface area contributed by atoms with Gasteiger partial charge >= 0.3 is 0 Å². The van der Waals surface area contributed by atoms with Gasteiger partial charge in [-0.3, -0.25) is 4.74 Å². The first kappa shape index (κ1) is 16.5. The van der Waals surface area contributed by atoms with Crippen molar-refractivity contribution in [3.63, 3.8) is 0 Å². The second-order valence-corrected chi connectivity index (χ2v) is 8.90. The first-order chi connectivity index (χ1) is 11.8. The summed E-state index contributed by atoms with van der Waals surface area (Å²) in [6.07, 6.45) is 3.95. The summed E-state index contributed by atoms with van der Waals surface area (Å²) in [5.41, 5.74) is 1.04. The van der Waals surface area contributed by atoms with Crippen LogP contribution in [0.15, 0.2) is 108 Å². The van der Waals surface area contributed by atoms with Crippen LogP contribution in [0.4, 0.5) is 5.69 Å². The molecule has 3 rings (SSSR count). The van der Waals surface area contributed by atoms with Crippen molar-refractivity contribution < 1.29 is 0 Å². The van der Waals surface area contributed by atoms with Gasteiger partial charge in [-0.15, -0.1) is 6.58 Å². The SMILES string of the molecule is C=CCCP(=Nc1ccccc1)(c1ccccc1)c1ccccc1. The Hall–Kier alpha value is -2.37. The zero-order valence-electron chi connectivity index (χ0n) is 13.8. The molecule has 0 aliphatic carbocycles. The molecule has 1 nitrogen and oxygen atoms in total. The van der Waals surface area contributed by atoms with Gasteiger partial charge in [-0.05, 0) is 35.3 Å². The molecule has 0 spiro atoms. The Labute approximate surface area is 144 Å². The molecule has 0 saturated heterocycles. The van der Waals surface area contributed by atoms with Crippen molar-refractivity contribution in [2.45, 2.75) is 6.42 Å². The van der Waals surface area contributed by atoms with E-state index in [1.807, 2.05) is 12.1 Å². The third kappa shape index (κ3) is 3.58. The van der Waals surface area contributed by atoms with E-state index in [-0.39, 0.29) is 0 Å². The fraction of sp³-hybridized carbons (Fsp3) is 0.0909. The molecule has 0 aliphatic heterocycles. The molecule has 0 radical (unpaired) electrons. The quantitative estimate of drug-likeness (QED) is 0.403. The smallest absolute Gasteiger partial charge is 0.0621 e. The van der Waals surface area contributed by atoms with Gasteiger partial charge in [0.15, 0.2) is 0 Å². The molecule has 0 saturated carbocycles. The molecular formula is C22H22NP. The van der Waals surface area contributed by atoms with Crippen LogP contribution in [0.1, 0.15) is 6.42 Å². The Morgan fingerprint density at radius 2 is 1.17 bits per heavy atom. The summed E-state index contributed by atoms with van der Waals surface area (Å²) in [4.78, 5) is 0. The lowest BCUT2D eigenvalue weighted by Gasteiger charge is -2.26. The van der Waals surface area contributed by atoms with E-state index in [9.17, 15) is 0 Å². The summed E-state index contributed by atoms with van der Waals surface area (Å²) in [5.74, 6) is 0. The predicted octanol–water partition coefficient (Wildman–Crippen LogP) is 5.75. The molecule has 24 heavy (non-hydrogen) atoms. The predicted molar refractivity (Wildman–Crippen MR) is 107 cm³/mol. The highest BCUT2D eigenvalue weighted by Gasteiger charge is 2.24. The summed E-state index contributed by atoms with van der Waals surface area (Å²) >= 11 is 0. The maximum absolute atomic E-state index is 5.33. The first-order valence-electron chi connectivity index (χ1n) is 8.24. The zero-order chi connectivity index (χ0) is 16.7. The second-order valence-electron chi connectivity index (χ2n) is 5.68. The molecule has 0 aliphatic rings. The second kappa shape index (κ2) is 7.95. The van der Waals surface area contributed by atoms with Gasteiger partial charge in [0.1, 0.15) is 0 Å². The molecular weight excluding hydrogens is 309 g/mol. The van der Waals surface area contributed by atoms with Crippen molar-refractivity contribution in [2.75, 3.05) is 6.16 Å². The van der Waals surface area contributed by atoms with Gasteiger partial charge in [-0.2, -0.15) is 0 Å². The number of rotatable bonds is 6. The average molecular weight is 331 g/mol. The Morgan fingerprint density at radius 1 is 0.708 bits per heavy atom. The monoisotopic (exact) mass is 331 g/mol. The third-order valence-electron chi connectivity index (χ3n) is 4.07. The van der Waals surface area contributed by atoms with Crippen molar-refractivity contribution in [2.24, 2.45) is 4.74 Å². The van der Waals surface area contributed by atoms with E-state index in [0.29, 0.717) is 0 Å². The van der Waals surface area contributed by atoms with E-state index in [4.69, 9.17) is 4.74 Å². The van der Waals surface area contributed by atoms with Crippen LogP contribution in [0, 0.1) is 0 Å². The molecule has 0 aromatic heterocycles. The molecule has 2 heteroatoms. The minimum atomic E-state index is -1.89. The van der Waals surface area contributed by atoms with Gasteiger partial charge in [0.25, 0.3) is 0 Å². The fourth-order valence-corrected chi connectivity index (χ4v) is 6.45. The molecule has 0 amide bonds. The van der Waals surface area contributed by atoms with E-state index in [0.717, 1.165) is 18.3 Å². The number of benzene rings is 3. The lowest BCUT2D eigenvalue weighted by atomic mass is 10.3. The van der Waals surface area contributed by atoms with Gasteiger partial charge in [0.2, 0.25) is 0 Å². The van der Waals surface area contributed by atoms with E-state index < -0.39 is 7.05 Å². The Bertz CT molecular complexity index is 780.